The van der Waals surface area contributed by atoms with Crippen molar-refractivity contribution in [3.05, 3.63) is 12.2 Å². The number of carbonyl (C=O) groups is 1. The van der Waals surface area contributed by atoms with E-state index < -0.39 is 18.2 Å². The largest absolute Gasteiger partial charge is 0.394 e. The van der Waals surface area contributed by atoms with Crippen molar-refractivity contribution in [2.24, 2.45) is 0 Å². The van der Waals surface area contributed by atoms with E-state index in [-0.39, 0.29) is 18.9 Å². The average molecular weight is 666 g/mol. The highest BCUT2D eigenvalue weighted by molar-refractivity contribution is 5.76. The van der Waals surface area contributed by atoms with Gasteiger partial charge < -0.3 is 20.6 Å². The van der Waals surface area contributed by atoms with Gasteiger partial charge >= 0.3 is 0 Å². The van der Waals surface area contributed by atoms with E-state index in [1.165, 1.54) is 173 Å². The van der Waals surface area contributed by atoms with Crippen LogP contribution < -0.4 is 5.32 Å². The van der Waals surface area contributed by atoms with Crippen molar-refractivity contribution in [3.63, 3.8) is 0 Å². The minimum absolute atomic E-state index is 0.0176. The van der Waals surface area contributed by atoms with Crippen LogP contribution in [0.15, 0.2) is 12.2 Å². The number of hydrogen-bond donors (Lipinski definition) is 4. The van der Waals surface area contributed by atoms with Crippen LogP contribution in [0.2, 0.25) is 0 Å². The summed E-state index contributed by atoms with van der Waals surface area (Å²) in [6, 6.07) is -0.738. The summed E-state index contributed by atoms with van der Waals surface area (Å²) in [6.07, 6.45) is 43.6. The van der Waals surface area contributed by atoms with Gasteiger partial charge in [-0.2, -0.15) is 0 Å². The molecule has 0 aliphatic heterocycles. The van der Waals surface area contributed by atoms with Crippen molar-refractivity contribution in [2.75, 3.05) is 6.61 Å². The summed E-state index contributed by atoms with van der Waals surface area (Å²) >= 11 is 0. The molecule has 0 aromatic heterocycles. The van der Waals surface area contributed by atoms with Crippen LogP contribution in [0, 0.1) is 0 Å². The Morgan fingerprint density at radius 2 is 0.872 bits per heavy atom. The molecular formula is C42H83NO4. The van der Waals surface area contributed by atoms with E-state index in [4.69, 9.17) is 0 Å². The van der Waals surface area contributed by atoms with Gasteiger partial charge in [-0.3, -0.25) is 4.79 Å². The molecule has 0 saturated heterocycles. The summed E-state index contributed by atoms with van der Waals surface area (Å²) < 4.78 is 0. The fourth-order valence-corrected chi connectivity index (χ4v) is 6.58. The zero-order chi connectivity index (χ0) is 34.5. The molecule has 0 aliphatic rings. The Hall–Kier alpha value is -0.910. The molecule has 3 atom stereocenters. The third-order valence-electron chi connectivity index (χ3n) is 9.82. The van der Waals surface area contributed by atoms with Gasteiger partial charge in [0.25, 0.3) is 0 Å². The number of unbranched alkanes of at least 4 members (excludes halogenated alkanes) is 29. The Balaban J connectivity index is 3.62. The third-order valence-corrected chi connectivity index (χ3v) is 9.82. The molecule has 0 fully saturated rings. The minimum atomic E-state index is -0.923. The standard InChI is InChI=1S/C42H83NO4/c1-3-5-7-9-11-13-15-16-17-18-19-20-21-22-23-24-25-26-28-30-32-34-36-41(46)40(38-44)43-42(47)37-39(45)35-33-31-29-27-14-12-10-8-6-4-2/h34,36,39-41,44-46H,3-33,35,37-38H2,1-2H3,(H,43,47)/b36-34+. The number of allylic oxidation sites excluding steroid dienone is 1. The second-order valence-electron chi connectivity index (χ2n) is 14.6. The number of rotatable bonds is 38. The Morgan fingerprint density at radius 1 is 0.532 bits per heavy atom. The molecule has 0 bridgehead atoms. The highest BCUT2D eigenvalue weighted by atomic mass is 16.3. The number of nitrogens with one attached hydrogen (secondary N) is 1. The predicted molar refractivity (Wildman–Crippen MR) is 204 cm³/mol. The first-order valence-electron chi connectivity index (χ1n) is 21.0. The lowest BCUT2D eigenvalue weighted by Gasteiger charge is -2.21. The second kappa shape index (κ2) is 37.9. The number of amides is 1. The van der Waals surface area contributed by atoms with Crippen molar-refractivity contribution in [1.29, 1.82) is 0 Å². The molecule has 1 amide bonds. The van der Waals surface area contributed by atoms with Gasteiger partial charge in [-0.25, -0.2) is 0 Å². The Bertz CT molecular complexity index is 655. The first-order valence-corrected chi connectivity index (χ1v) is 21.0. The maximum absolute atomic E-state index is 12.4. The molecule has 47 heavy (non-hydrogen) atoms. The number of aliphatic hydroxyl groups excluding tert-OH is 3. The summed E-state index contributed by atoms with van der Waals surface area (Å²) in [4.78, 5) is 12.4. The fraction of sp³-hybridized carbons (Fsp3) is 0.929. The van der Waals surface area contributed by atoms with Gasteiger partial charge in [-0.05, 0) is 19.3 Å². The molecule has 0 radical (unpaired) electrons. The molecule has 0 saturated carbocycles. The van der Waals surface area contributed by atoms with Crippen LogP contribution in [-0.4, -0.2) is 46.1 Å². The summed E-state index contributed by atoms with van der Waals surface area (Å²) in [5.41, 5.74) is 0. The lowest BCUT2D eigenvalue weighted by molar-refractivity contribution is -0.124. The van der Waals surface area contributed by atoms with Crippen molar-refractivity contribution >= 4 is 5.91 Å². The van der Waals surface area contributed by atoms with Gasteiger partial charge in [0.05, 0.1) is 31.3 Å². The van der Waals surface area contributed by atoms with E-state index >= 15 is 0 Å². The first-order chi connectivity index (χ1) is 23.0. The molecule has 5 nitrogen and oxygen atoms in total. The van der Waals surface area contributed by atoms with Gasteiger partial charge in [0.2, 0.25) is 5.91 Å². The summed E-state index contributed by atoms with van der Waals surface area (Å²) in [5.74, 6) is -0.315. The van der Waals surface area contributed by atoms with Gasteiger partial charge in [0.15, 0.2) is 0 Å². The lowest BCUT2D eigenvalue weighted by atomic mass is 10.0. The summed E-state index contributed by atoms with van der Waals surface area (Å²) in [7, 11) is 0. The van der Waals surface area contributed by atoms with E-state index in [9.17, 15) is 20.1 Å². The summed E-state index contributed by atoms with van der Waals surface area (Å²) in [6.45, 7) is 4.20. The average Bonchev–Trinajstić information content (AvgIpc) is 3.06. The van der Waals surface area contributed by atoms with Gasteiger partial charge in [-0.15, -0.1) is 0 Å². The molecule has 4 N–H and O–H groups in total. The molecule has 0 spiro atoms. The number of aliphatic hydroxyl groups is 3. The van der Waals surface area contributed by atoms with Crippen molar-refractivity contribution in [1.82, 2.24) is 5.32 Å². The lowest BCUT2D eigenvalue weighted by Crippen LogP contribution is -2.45. The van der Waals surface area contributed by atoms with E-state index in [1.807, 2.05) is 6.08 Å². The van der Waals surface area contributed by atoms with Crippen LogP contribution in [0.4, 0.5) is 0 Å². The minimum Gasteiger partial charge on any atom is -0.394 e. The van der Waals surface area contributed by atoms with Gasteiger partial charge in [0.1, 0.15) is 0 Å². The van der Waals surface area contributed by atoms with Crippen molar-refractivity contribution in [3.8, 4) is 0 Å². The highest BCUT2D eigenvalue weighted by Gasteiger charge is 2.20. The normalized spacial score (nSPS) is 13.7. The third kappa shape index (κ3) is 34.7. The molecule has 3 unspecified atom stereocenters. The smallest absolute Gasteiger partial charge is 0.222 e. The molecule has 0 aliphatic carbocycles. The molecule has 0 aromatic rings. The first kappa shape index (κ1) is 46.1. The molecule has 280 valence electrons. The van der Waals surface area contributed by atoms with Crippen molar-refractivity contribution in [2.45, 2.75) is 244 Å². The van der Waals surface area contributed by atoms with Crippen LogP contribution in [0.25, 0.3) is 0 Å². The van der Waals surface area contributed by atoms with E-state index in [2.05, 4.69) is 19.2 Å². The monoisotopic (exact) mass is 666 g/mol. The van der Waals surface area contributed by atoms with E-state index in [1.54, 1.807) is 6.08 Å². The van der Waals surface area contributed by atoms with Gasteiger partial charge in [0, 0.05) is 0 Å². The zero-order valence-electron chi connectivity index (χ0n) is 31.7. The summed E-state index contributed by atoms with van der Waals surface area (Å²) in [5, 5.41) is 33.1. The quantitative estimate of drug-likeness (QED) is 0.0390. The Morgan fingerprint density at radius 3 is 1.23 bits per heavy atom. The van der Waals surface area contributed by atoms with Crippen molar-refractivity contribution < 1.29 is 20.1 Å². The van der Waals surface area contributed by atoms with Crippen LogP contribution >= 0.6 is 0 Å². The Kier molecular flexibility index (Phi) is 37.2. The molecule has 0 aromatic carbocycles. The highest BCUT2D eigenvalue weighted by Crippen LogP contribution is 2.16. The molecule has 5 heteroatoms. The van der Waals surface area contributed by atoms with E-state index in [0.29, 0.717) is 6.42 Å². The van der Waals surface area contributed by atoms with E-state index in [0.717, 1.165) is 25.7 Å². The van der Waals surface area contributed by atoms with Crippen LogP contribution in [-0.2, 0) is 4.79 Å². The molecule has 0 rings (SSSR count). The molecular weight excluding hydrogens is 582 g/mol. The molecule has 0 heterocycles. The zero-order valence-corrected chi connectivity index (χ0v) is 31.7. The SMILES string of the molecule is CCCCCCCCCCCCCCCCCCCCCC/C=C/C(O)C(CO)NC(=O)CC(O)CCCCCCCCCCCC. The van der Waals surface area contributed by atoms with Gasteiger partial charge in [-0.1, -0.05) is 212 Å². The van der Waals surface area contributed by atoms with Crippen LogP contribution in [0.5, 0.6) is 0 Å². The fourth-order valence-electron chi connectivity index (χ4n) is 6.58. The van der Waals surface area contributed by atoms with Crippen LogP contribution in [0.3, 0.4) is 0 Å². The maximum atomic E-state index is 12.4. The number of hydrogen-bond acceptors (Lipinski definition) is 4. The Labute approximate surface area is 293 Å². The van der Waals surface area contributed by atoms with Crippen LogP contribution in [0.1, 0.15) is 226 Å². The number of carbonyl (C=O) groups excluding carboxylic acids is 1. The second-order valence-corrected chi connectivity index (χ2v) is 14.6. The maximum Gasteiger partial charge on any atom is 0.222 e. The predicted octanol–water partition coefficient (Wildman–Crippen LogP) is 11.7. The topological polar surface area (TPSA) is 89.8 Å².